The highest BCUT2D eigenvalue weighted by molar-refractivity contribution is 5.35. The summed E-state index contributed by atoms with van der Waals surface area (Å²) < 4.78 is 100. The topological polar surface area (TPSA) is 32.7 Å². The zero-order chi connectivity index (χ0) is 27.3. The second-order valence-corrected chi connectivity index (χ2v) is 10.7. The summed E-state index contributed by atoms with van der Waals surface area (Å²) in [5.41, 5.74) is -3.15. The molecule has 0 aromatic heterocycles. The van der Waals surface area contributed by atoms with Gasteiger partial charge in [-0.05, 0) is 87.5 Å². The van der Waals surface area contributed by atoms with Gasteiger partial charge >= 0.3 is 12.4 Å². The van der Waals surface area contributed by atoms with E-state index in [-0.39, 0.29) is 29.5 Å². The van der Waals surface area contributed by atoms with Crippen molar-refractivity contribution in [1.29, 1.82) is 0 Å². The predicted molar refractivity (Wildman–Crippen MR) is 123 cm³/mol. The molecule has 5 atom stereocenters. The lowest BCUT2D eigenvalue weighted by molar-refractivity contribution is -0.143. The lowest BCUT2D eigenvalue weighted by atomic mass is 9.76. The van der Waals surface area contributed by atoms with Gasteiger partial charge in [0.1, 0.15) is 5.82 Å². The molecule has 0 amide bonds. The highest BCUT2D eigenvalue weighted by Gasteiger charge is 2.48. The summed E-state index contributed by atoms with van der Waals surface area (Å²) in [6.07, 6.45) is -10.2. The second kappa shape index (κ2) is 9.85. The number of hydrogen-bond donors (Lipinski definition) is 1. The van der Waals surface area contributed by atoms with Crippen molar-refractivity contribution in [3.63, 3.8) is 0 Å². The van der Waals surface area contributed by atoms with Gasteiger partial charge in [-0.2, -0.15) is 26.3 Å². The van der Waals surface area contributed by atoms with Crippen LogP contribution in [0.3, 0.4) is 0 Å². The zero-order valence-corrected chi connectivity index (χ0v) is 20.7. The Labute approximate surface area is 211 Å². The fourth-order valence-electron chi connectivity index (χ4n) is 5.68. The molecule has 2 aliphatic rings. The first kappa shape index (κ1) is 27.9. The number of alkyl halides is 6. The molecule has 2 heterocycles. The maximum atomic E-state index is 13.7. The Morgan fingerprint density at radius 3 is 2.03 bits per heavy atom. The van der Waals surface area contributed by atoms with Crippen LogP contribution in [0.2, 0.25) is 0 Å². The van der Waals surface area contributed by atoms with Gasteiger partial charge in [0.05, 0.1) is 28.9 Å². The first-order valence-corrected chi connectivity index (χ1v) is 12.2. The number of halogens is 7. The molecule has 1 N–H and O–H groups in total. The van der Waals surface area contributed by atoms with Crippen molar-refractivity contribution in [2.24, 2.45) is 5.92 Å². The van der Waals surface area contributed by atoms with E-state index in [1.165, 1.54) is 19.1 Å². The molecule has 0 spiro atoms. The van der Waals surface area contributed by atoms with E-state index in [2.05, 4.69) is 4.90 Å². The van der Waals surface area contributed by atoms with Crippen LogP contribution < -0.4 is 0 Å². The smallest absolute Gasteiger partial charge is 0.390 e. The van der Waals surface area contributed by atoms with Crippen LogP contribution in [-0.4, -0.2) is 40.8 Å². The second-order valence-electron chi connectivity index (χ2n) is 10.7. The van der Waals surface area contributed by atoms with E-state index in [1.54, 1.807) is 26.0 Å². The summed E-state index contributed by atoms with van der Waals surface area (Å²) in [4.78, 5) is 2.18. The largest absolute Gasteiger partial charge is 0.416 e. The Balaban J connectivity index is 1.66. The maximum Gasteiger partial charge on any atom is 0.416 e. The standard InChI is InChI=1S/C27H30F7NO2/c1-15(17-10-19(26(29,30)31)12-20(11-17)27(32,33)34)37-23-14-35-9-8-18(25(2,3)36)13-22(35)24(23)16-4-6-21(28)7-5-16/h4-7,10-12,15,18,22-24,36H,8-9,13-14H2,1-3H3/t15-,18?,22+,23-,24+/m1/s1. The molecular weight excluding hydrogens is 503 g/mol. The molecule has 2 fully saturated rings. The third-order valence-corrected chi connectivity index (χ3v) is 7.70. The molecule has 0 radical (unpaired) electrons. The summed E-state index contributed by atoms with van der Waals surface area (Å²) in [5, 5.41) is 10.6. The van der Waals surface area contributed by atoms with Gasteiger partial charge in [0.15, 0.2) is 0 Å². The quantitative estimate of drug-likeness (QED) is 0.422. The van der Waals surface area contributed by atoms with Crippen LogP contribution in [0.5, 0.6) is 0 Å². The summed E-state index contributed by atoms with van der Waals surface area (Å²) in [5.74, 6) is -0.738. The van der Waals surface area contributed by atoms with E-state index < -0.39 is 47.1 Å². The number of ether oxygens (including phenoxy) is 1. The van der Waals surface area contributed by atoms with Crippen LogP contribution in [0.4, 0.5) is 30.7 Å². The van der Waals surface area contributed by atoms with Crippen molar-refractivity contribution < 1.29 is 40.6 Å². The number of hydrogen-bond acceptors (Lipinski definition) is 3. The molecule has 10 heteroatoms. The van der Waals surface area contributed by atoms with Crippen LogP contribution in [0.15, 0.2) is 42.5 Å². The molecule has 2 saturated heterocycles. The molecule has 2 aliphatic heterocycles. The van der Waals surface area contributed by atoms with Gasteiger partial charge in [0.2, 0.25) is 0 Å². The van der Waals surface area contributed by atoms with Gasteiger partial charge in [-0.25, -0.2) is 4.39 Å². The van der Waals surface area contributed by atoms with Crippen molar-refractivity contribution in [2.45, 2.75) is 75.7 Å². The fourth-order valence-corrected chi connectivity index (χ4v) is 5.68. The molecular formula is C27H30F7NO2. The molecule has 204 valence electrons. The Kier molecular flexibility index (Phi) is 7.42. The van der Waals surface area contributed by atoms with Gasteiger partial charge in [0.25, 0.3) is 0 Å². The first-order chi connectivity index (χ1) is 17.0. The average molecular weight is 534 g/mol. The van der Waals surface area contributed by atoms with Crippen molar-refractivity contribution in [3.8, 4) is 0 Å². The third-order valence-electron chi connectivity index (χ3n) is 7.70. The molecule has 0 bridgehead atoms. The number of fused-ring (bicyclic) bond motifs is 1. The van der Waals surface area contributed by atoms with E-state index in [1.807, 2.05) is 0 Å². The Bertz CT molecular complexity index is 1060. The summed E-state index contributed by atoms with van der Waals surface area (Å²) >= 11 is 0. The van der Waals surface area contributed by atoms with Crippen LogP contribution in [0, 0.1) is 11.7 Å². The maximum absolute atomic E-state index is 13.7. The van der Waals surface area contributed by atoms with Crippen LogP contribution in [0.1, 0.15) is 67.9 Å². The normalized spacial score (nSPS) is 26.2. The third kappa shape index (κ3) is 6.12. The van der Waals surface area contributed by atoms with Gasteiger partial charge < -0.3 is 9.84 Å². The number of rotatable bonds is 5. The Morgan fingerprint density at radius 1 is 0.946 bits per heavy atom. The van der Waals surface area contributed by atoms with E-state index in [0.29, 0.717) is 31.6 Å². The molecule has 0 aliphatic carbocycles. The van der Waals surface area contributed by atoms with Gasteiger partial charge in [-0.1, -0.05) is 12.1 Å². The van der Waals surface area contributed by atoms with Crippen molar-refractivity contribution in [1.82, 2.24) is 4.90 Å². The van der Waals surface area contributed by atoms with Crippen LogP contribution >= 0.6 is 0 Å². The lowest BCUT2D eigenvalue weighted by Gasteiger charge is -2.41. The van der Waals surface area contributed by atoms with E-state index in [0.717, 1.165) is 12.0 Å². The van der Waals surface area contributed by atoms with Gasteiger partial charge in [-0.15, -0.1) is 0 Å². The molecule has 2 aromatic carbocycles. The van der Waals surface area contributed by atoms with E-state index >= 15 is 0 Å². The van der Waals surface area contributed by atoms with Crippen LogP contribution in [0.25, 0.3) is 0 Å². The highest BCUT2D eigenvalue weighted by atomic mass is 19.4. The van der Waals surface area contributed by atoms with E-state index in [9.17, 15) is 35.8 Å². The van der Waals surface area contributed by atoms with Gasteiger partial charge in [0, 0.05) is 18.5 Å². The lowest BCUT2D eigenvalue weighted by Crippen LogP contribution is -2.46. The molecule has 1 unspecified atom stereocenters. The molecule has 2 aromatic rings. The number of nitrogens with zero attached hydrogens (tertiary/aromatic N) is 1. The van der Waals surface area contributed by atoms with Crippen LogP contribution in [-0.2, 0) is 17.1 Å². The first-order valence-electron chi connectivity index (χ1n) is 12.2. The molecule has 37 heavy (non-hydrogen) atoms. The SMILES string of the molecule is C[C@@H](O[C@@H]1CN2CCC(C(C)(C)O)C[C@H]2[C@@H]1c1ccc(F)cc1)c1cc(C(F)(F)F)cc(C(F)(F)F)c1. The number of aliphatic hydroxyl groups is 1. The summed E-state index contributed by atoms with van der Waals surface area (Å²) in [7, 11) is 0. The van der Waals surface area contributed by atoms with Crippen molar-refractivity contribution in [3.05, 3.63) is 70.5 Å². The summed E-state index contributed by atoms with van der Waals surface area (Å²) in [6.45, 7) is 6.01. The average Bonchev–Trinajstić information content (AvgIpc) is 3.14. The van der Waals surface area contributed by atoms with E-state index in [4.69, 9.17) is 4.74 Å². The fraction of sp³-hybridized carbons (Fsp3) is 0.556. The van der Waals surface area contributed by atoms with Crippen molar-refractivity contribution >= 4 is 0 Å². The van der Waals surface area contributed by atoms with Crippen molar-refractivity contribution in [2.75, 3.05) is 13.1 Å². The Hall–Kier alpha value is -2.17. The zero-order valence-electron chi connectivity index (χ0n) is 20.7. The summed E-state index contributed by atoms with van der Waals surface area (Å²) in [6, 6.07) is 7.30. The minimum atomic E-state index is -4.95. The van der Waals surface area contributed by atoms with Gasteiger partial charge in [-0.3, -0.25) is 4.90 Å². The minimum Gasteiger partial charge on any atom is -0.390 e. The molecule has 4 rings (SSSR count). The minimum absolute atomic E-state index is 0.00863. The number of benzene rings is 2. The number of piperidine rings is 1. The monoisotopic (exact) mass is 533 g/mol. The molecule has 0 saturated carbocycles. The highest BCUT2D eigenvalue weighted by Crippen LogP contribution is 2.46. The molecule has 3 nitrogen and oxygen atoms in total. The predicted octanol–water partition coefficient (Wildman–Crippen LogP) is 6.96. The Morgan fingerprint density at radius 2 is 1.51 bits per heavy atom.